The summed E-state index contributed by atoms with van der Waals surface area (Å²) in [5, 5.41) is 10.6. The van der Waals surface area contributed by atoms with Crippen LogP contribution in [0, 0.1) is 0 Å². The van der Waals surface area contributed by atoms with E-state index in [2.05, 4.69) is 305 Å². The fraction of sp³-hybridized carbons (Fsp3) is 0.0278. The molecule has 0 spiro atoms. The number of aromatic nitrogens is 2. The zero-order chi connectivity index (χ0) is 50.2. The van der Waals surface area contributed by atoms with E-state index in [4.69, 9.17) is 0 Å². The number of nitrogens with zero attached hydrogens (tertiary/aromatic N) is 3. The van der Waals surface area contributed by atoms with Crippen molar-refractivity contribution in [2.24, 2.45) is 0 Å². The summed E-state index contributed by atoms with van der Waals surface area (Å²) in [5.41, 5.74) is 17.1. The molecule has 0 fully saturated rings. The summed E-state index contributed by atoms with van der Waals surface area (Å²) in [6, 6.07) is 102. The lowest BCUT2D eigenvalue weighted by Gasteiger charge is -2.34. The van der Waals surface area contributed by atoms with Crippen molar-refractivity contribution < 1.29 is 0 Å². The van der Waals surface area contributed by atoms with Gasteiger partial charge in [-0.2, -0.15) is 0 Å². The first-order valence-corrected chi connectivity index (χ1v) is 28.5. The highest BCUT2D eigenvalue weighted by atomic mass is 28.3. The SMILES string of the molecule is C1=CCC2C(=C1)n1c3ccccc3c3cc(N(c4ccc(-c5ccc([Si](c6ccccc6)(c6ccccc6)c6ccccc6)cc5)cc4)c4ccc(-c5ccc6c(c5)c5ccccc5n6-c5ccccc5)cc4)cc2c31. The van der Waals surface area contributed by atoms with Gasteiger partial charge in [0.15, 0.2) is 8.07 Å². The molecule has 2 aromatic heterocycles. The fourth-order valence-corrected chi connectivity index (χ4v) is 17.7. The van der Waals surface area contributed by atoms with Crippen LogP contribution in [0.25, 0.3) is 77.2 Å². The van der Waals surface area contributed by atoms with Gasteiger partial charge in [-0.15, -0.1) is 0 Å². The van der Waals surface area contributed by atoms with Crippen molar-refractivity contribution in [2.75, 3.05) is 4.90 Å². The van der Waals surface area contributed by atoms with Gasteiger partial charge in [0.2, 0.25) is 0 Å². The van der Waals surface area contributed by atoms with Crippen molar-refractivity contribution in [1.29, 1.82) is 0 Å². The number of fused-ring (bicyclic) bond motifs is 9. The summed E-state index contributed by atoms with van der Waals surface area (Å²) in [5.74, 6) is 0.303. The predicted octanol–water partition coefficient (Wildman–Crippen LogP) is 16.0. The zero-order valence-corrected chi connectivity index (χ0v) is 42.8. The highest BCUT2D eigenvalue weighted by Gasteiger charge is 2.41. The minimum atomic E-state index is -2.65. The maximum absolute atomic E-state index is 2.65. The molecule has 13 aromatic rings. The molecule has 3 heterocycles. The number of hydrogen-bond donors (Lipinski definition) is 0. The molecule has 4 heteroatoms. The van der Waals surface area contributed by atoms with Gasteiger partial charge in [-0.3, -0.25) is 0 Å². The van der Waals surface area contributed by atoms with E-state index in [0.29, 0.717) is 5.92 Å². The Morgan fingerprint density at radius 2 is 0.816 bits per heavy atom. The number of para-hydroxylation sites is 3. The topological polar surface area (TPSA) is 13.1 Å². The summed E-state index contributed by atoms with van der Waals surface area (Å²) >= 11 is 0. The van der Waals surface area contributed by atoms with E-state index in [1.54, 1.807) is 0 Å². The molecule has 2 aliphatic rings. The third-order valence-corrected chi connectivity index (χ3v) is 21.1. The lowest BCUT2D eigenvalue weighted by molar-refractivity contribution is 0.873. The summed E-state index contributed by atoms with van der Waals surface area (Å²) in [7, 11) is -2.65. The van der Waals surface area contributed by atoms with Gasteiger partial charge in [0.05, 0.1) is 22.1 Å². The first-order valence-electron chi connectivity index (χ1n) is 26.5. The highest BCUT2D eigenvalue weighted by Crippen LogP contribution is 2.52. The summed E-state index contributed by atoms with van der Waals surface area (Å²) in [6.45, 7) is 0. The number of hydrogen-bond acceptors (Lipinski definition) is 1. The molecule has 1 atom stereocenters. The lowest BCUT2D eigenvalue weighted by atomic mass is 9.90. The smallest absolute Gasteiger partial charge is 0.179 e. The van der Waals surface area contributed by atoms with E-state index in [1.165, 1.54) is 104 Å². The molecule has 358 valence electrons. The van der Waals surface area contributed by atoms with E-state index in [1.807, 2.05) is 0 Å². The average Bonchev–Trinajstić information content (AvgIpc) is 4.18. The van der Waals surface area contributed by atoms with Crippen LogP contribution >= 0.6 is 0 Å². The Bertz CT molecular complexity index is 4290. The number of rotatable bonds is 10. The van der Waals surface area contributed by atoms with Crippen LogP contribution in [-0.2, 0) is 0 Å². The van der Waals surface area contributed by atoms with Crippen molar-refractivity contribution in [1.82, 2.24) is 9.13 Å². The molecule has 76 heavy (non-hydrogen) atoms. The Balaban J connectivity index is 0.843. The highest BCUT2D eigenvalue weighted by molar-refractivity contribution is 7.19. The Kier molecular flexibility index (Phi) is 10.4. The molecule has 15 rings (SSSR count). The number of anilines is 3. The van der Waals surface area contributed by atoms with Crippen molar-refractivity contribution in [2.45, 2.75) is 12.3 Å². The molecule has 0 saturated heterocycles. The Hall–Kier alpha value is -9.48. The Morgan fingerprint density at radius 1 is 0.355 bits per heavy atom. The quantitative estimate of drug-likeness (QED) is 0.0983. The average molecular weight is 986 g/mol. The molecule has 1 unspecified atom stereocenters. The van der Waals surface area contributed by atoms with Crippen LogP contribution in [0.4, 0.5) is 17.1 Å². The van der Waals surface area contributed by atoms with Crippen LogP contribution in [0.15, 0.2) is 291 Å². The minimum absolute atomic E-state index is 0.303. The van der Waals surface area contributed by atoms with Gasteiger partial charge >= 0.3 is 0 Å². The van der Waals surface area contributed by atoms with Crippen molar-refractivity contribution in [3.63, 3.8) is 0 Å². The van der Waals surface area contributed by atoms with Gasteiger partial charge in [-0.05, 0) is 134 Å². The predicted molar refractivity (Wildman–Crippen MR) is 324 cm³/mol. The van der Waals surface area contributed by atoms with Gasteiger partial charge in [-0.25, -0.2) is 0 Å². The second-order valence-electron chi connectivity index (χ2n) is 20.4. The molecule has 0 N–H and O–H groups in total. The van der Waals surface area contributed by atoms with Crippen molar-refractivity contribution in [3.8, 4) is 27.9 Å². The molecule has 1 aliphatic carbocycles. The molecular formula is C72H51N3Si. The third-order valence-electron chi connectivity index (χ3n) is 16.3. The van der Waals surface area contributed by atoms with Crippen LogP contribution in [0.3, 0.4) is 0 Å². The van der Waals surface area contributed by atoms with Gasteiger partial charge in [0, 0.05) is 55.9 Å². The molecule has 0 amide bonds. The monoisotopic (exact) mass is 985 g/mol. The van der Waals surface area contributed by atoms with Crippen LogP contribution in [0.5, 0.6) is 0 Å². The second kappa shape index (κ2) is 17.9. The van der Waals surface area contributed by atoms with E-state index in [0.717, 1.165) is 23.5 Å². The van der Waals surface area contributed by atoms with Gasteiger partial charge in [-0.1, -0.05) is 212 Å². The third kappa shape index (κ3) is 6.88. The van der Waals surface area contributed by atoms with Crippen LogP contribution < -0.4 is 25.6 Å². The van der Waals surface area contributed by atoms with E-state index < -0.39 is 8.07 Å². The molecule has 1 aliphatic heterocycles. The number of allylic oxidation sites excluding steroid dienone is 4. The first kappa shape index (κ1) is 44.0. The normalized spacial score (nSPS) is 13.9. The van der Waals surface area contributed by atoms with Crippen LogP contribution in [-0.4, -0.2) is 17.2 Å². The van der Waals surface area contributed by atoms with Crippen molar-refractivity contribution in [3.05, 3.63) is 297 Å². The van der Waals surface area contributed by atoms with Gasteiger partial charge in [0.1, 0.15) is 0 Å². The molecule has 0 bridgehead atoms. The van der Waals surface area contributed by atoms with Crippen LogP contribution in [0.2, 0.25) is 0 Å². The summed E-state index contributed by atoms with van der Waals surface area (Å²) in [4.78, 5) is 2.47. The second-order valence-corrected chi connectivity index (χ2v) is 24.2. The molecular weight excluding hydrogens is 935 g/mol. The van der Waals surface area contributed by atoms with Gasteiger partial charge < -0.3 is 14.0 Å². The Morgan fingerprint density at radius 3 is 1.41 bits per heavy atom. The molecule has 3 nitrogen and oxygen atoms in total. The molecule has 11 aromatic carbocycles. The Labute approximate surface area is 443 Å². The standard InChI is InChI=1S/C72H51N3Si/c1-5-19-54(20-6-1)74-68-30-16-13-27-62(68)65-47-53(39-46-71(65)74)52-35-42-56(43-36-52)73(57-48-66-63-28-14-17-31-69(63)75-70-32-18-15-29-64(70)67(49-57)72(66)75)55-40-33-50(34-41-55)51-37-44-61(45-38-51)76(58-21-7-2-8-22-58,59-23-9-3-10-24-59)60-25-11-4-12-26-60/h1-28,30-49,64H,29H2. The van der Waals surface area contributed by atoms with Crippen LogP contribution in [0.1, 0.15) is 17.9 Å². The first-order chi connectivity index (χ1) is 37.7. The van der Waals surface area contributed by atoms with Crippen molar-refractivity contribution >= 4 is 95.2 Å². The largest absolute Gasteiger partial charge is 0.312 e. The maximum Gasteiger partial charge on any atom is 0.179 e. The fourth-order valence-electron chi connectivity index (χ4n) is 12.9. The zero-order valence-electron chi connectivity index (χ0n) is 41.8. The number of benzene rings is 11. The van der Waals surface area contributed by atoms with E-state index in [9.17, 15) is 0 Å². The maximum atomic E-state index is 2.53. The summed E-state index contributed by atoms with van der Waals surface area (Å²) in [6.07, 6.45) is 7.87. The molecule has 0 saturated carbocycles. The van der Waals surface area contributed by atoms with E-state index >= 15 is 0 Å². The lowest BCUT2D eigenvalue weighted by Crippen LogP contribution is -2.74. The van der Waals surface area contributed by atoms with Gasteiger partial charge in [0.25, 0.3) is 0 Å². The summed E-state index contributed by atoms with van der Waals surface area (Å²) < 4.78 is 4.91. The van der Waals surface area contributed by atoms with E-state index in [-0.39, 0.29) is 0 Å². The molecule has 0 radical (unpaired) electrons. The minimum Gasteiger partial charge on any atom is -0.312 e.